The van der Waals surface area contributed by atoms with Gasteiger partial charge in [0.1, 0.15) is 0 Å². The lowest BCUT2D eigenvalue weighted by molar-refractivity contribution is -0.120. The Kier molecular flexibility index (Phi) is 5.61. The largest absolute Gasteiger partial charge is 0.382 e. The molecule has 1 aromatic carbocycles. The first kappa shape index (κ1) is 16.7. The second-order valence-corrected chi connectivity index (χ2v) is 6.29. The quantitative estimate of drug-likeness (QED) is 0.639. The minimum atomic E-state index is 0.0289. The number of imidazole rings is 1. The zero-order chi connectivity index (χ0) is 16.8. The molecule has 0 bridgehead atoms. The van der Waals surface area contributed by atoms with E-state index in [9.17, 15) is 4.79 Å². The van der Waals surface area contributed by atoms with Crippen molar-refractivity contribution < 1.29 is 9.53 Å². The number of nitrogens with zero attached hydrogens (tertiary/aromatic N) is 2. The highest BCUT2D eigenvalue weighted by Gasteiger charge is 2.12. The van der Waals surface area contributed by atoms with E-state index in [2.05, 4.69) is 10.3 Å². The maximum atomic E-state index is 12.1. The van der Waals surface area contributed by atoms with Crippen LogP contribution >= 0.6 is 11.3 Å². The third-order valence-corrected chi connectivity index (χ3v) is 4.58. The lowest BCUT2D eigenvalue weighted by Crippen LogP contribution is -2.27. The van der Waals surface area contributed by atoms with Gasteiger partial charge in [0.15, 0.2) is 4.96 Å². The number of carbonyl (C=O) groups is 1. The van der Waals surface area contributed by atoms with E-state index < -0.39 is 0 Å². The second-order valence-electron chi connectivity index (χ2n) is 5.45. The van der Waals surface area contributed by atoms with E-state index in [0.717, 1.165) is 28.3 Å². The van der Waals surface area contributed by atoms with E-state index in [0.29, 0.717) is 26.2 Å². The smallest absolute Gasteiger partial charge is 0.225 e. The minimum absolute atomic E-state index is 0.0289. The summed E-state index contributed by atoms with van der Waals surface area (Å²) in [5.41, 5.74) is 2.98. The fraction of sp³-hybridized carbons (Fsp3) is 0.333. The summed E-state index contributed by atoms with van der Waals surface area (Å²) in [4.78, 5) is 17.6. The molecule has 3 rings (SSSR count). The molecule has 1 amide bonds. The lowest BCUT2D eigenvalue weighted by atomic mass is 10.2. The normalized spacial score (nSPS) is 11.0. The fourth-order valence-electron chi connectivity index (χ4n) is 2.48. The number of ether oxygens (including phenoxy) is 1. The van der Waals surface area contributed by atoms with Crippen molar-refractivity contribution in [3.8, 4) is 11.3 Å². The van der Waals surface area contributed by atoms with Gasteiger partial charge in [-0.2, -0.15) is 0 Å². The number of hydrogen-bond donors (Lipinski definition) is 1. The molecule has 2 heterocycles. The van der Waals surface area contributed by atoms with Gasteiger partial charge in [-0.3, -0.25) is 9.20 Å². The van der Waals surface area contributed by atoms with Crippen LogP contribution in [0.15, 0.2) is 41.9 Å². The Balaban J connectivity index is 1.63. The van der Waals surface area contributed by atoms with E-state index >= 15 is 0 Å². The zero-order valence-corrected chi connectivity index (χ0v) is 14.5. The summed E-state index contributed by atoms with van der Waals surface area (Å²) >= 11 is 1.56. The summed E-state index contributed by atoms with van der Waals surface area (Å²) in [6.45, 7) is 4.01. The van der Waals surface area contributed by atoms with Crippen LogP contribution in [-0.2, 0) is 16.0 Å². The van der Waals surface area contributed by atoms with Crippen LogP contribution in [0.1, 0.15) is 19.0 Å². The van der Waals surface area contributed by atoms with E-state index in [-0.39, 0.29) is 5.91 Å². The topological polar surface area (TPSA) is 55.6 Å². The maximum Gasteiger partial charge on any atom is 0.225 e. The molecule has 0 saturated heterocycles. The number of thiazole rings is 1. The Morgan fingerprint density at radius 3 is 2.96 bits per heavy atom. The molecule has 126 valence electrons. The average Bonchev–Trinajstić information content (AvgIpc) is 3.18. The molecule has 0 spiro atoms. The second kappa shape index (κ2) is 8.08. The van der Waals surface area contributed by atoms with Gasteiger partial charge in [-0.05, 0) is 13.3 Å². The molecule has 0 aliphatic rings. The predicted molar refractivity (Wildman–Crippen MR) is 96.3 cm³/mol. The fourth-order valence-corrected chi connectivity index (χ4v) is 3.35. The van der Waals surface area contributed by atoms with Crippen LogP contribution in [0.4, 0.5) is 0 Å². The Bertz CT molecular complexity index is 795. The monoisotopic (exact) mass is 343 g/mol. The first-order valence-electron chi connectivity index (χ1n) is 8.13. The van der Waals surface area contributed by atoms with Gasteiger partial charge >= 0.3 is 0 Å². The van der Waals surface area contributed by atoms with Crippen molar-refractivity contribution in [3.05, 3.63) is 47.6 Å². The Hall–Kier alpha value is -2.18. The van der Waals surface area contributed by atoms with Gasteiger partial charge in [0, 0.05) is 42.6 Å². The van der Waals surface area contributed by atoms with Crippen molar-refractivity contribution >= 4 is 22.2 Å². The van der Waals surface area contributed by atoms with Crippen molar-refractivity contribution in [2.45, 2.75) is 19.8 Å². The number of aromatic nitrogens is 2. The molecule has 0 aliphatic heterocycles. The number of amides is 1. The summed E-state index contributed by atoms with van der Waals surface area (Å²) in [5, 5.41) is 4.93. The van der Waals surface area contributed by atoms with Gasteiger partial charge in [-0.15, -0.1) is 11.3 Å². The van der Waals surface area contributed by atoms with Crippen LogP contribution in [0.25, 0.3) is 16.2 Å². The number of rotatable bonds is 8. The highest BCUT2D eigenvalue weighted by atomic mass is 32.1. The minimum Gasteiger partial charge on any atom is -0.382 e. The number of fused-ring (bicyclic) bond motifs is 1. The van der Waals surface area contributed by atoms with E-state index in [1.54, 1.807) is 11.3 Å². The molecular weight excluding hydrogens is 322 g/mol. The molecule has 0 unspecified atom stereocenters. The molecule has 5 nitrogen and oxygen atoms in total. The van der Waals surface area contributed by atoms with Crippen molar-refractivity contribution in [1.29, 1.82) is 0 Å². The first-order chi connectivity index (χ1) is 11.8. The molecule has 1 N–H and O–H groups in total. The van der Waals surface area contributed by atoms with Gasteiger partial charge in [0.05, 0.1) is 12.1 Å². The van der Waals surface area contributed by atoms with Gasteiger partial charge in [-0.1, -0.05) is 30.3 Å². The third kappa shape index (κ3) is 4.01. The van der Waals surface area contributed by atoms with Crippen LogP contribution < -0.4 is 5.32 Å². The molecule has 0 fully saturated rings. The van der Waals surface area contributed by atoms with Crippen molar-refractivity contribution in [2.24, 2.45) is 0 Å². The molecule has 0 saturated carbocycles. The van der Waals surface area contributed by atoms with Crippen molar-refractivity contribution in [3.63, 3.8) is 0 Å². The summed E-state index contributed by atoms with van der Waals surface area (Å²) < 4.78 is 7.27. The predicted octanol–water partition coefficient (Wildman–Crippen LogP) is 3.15. The Morgan fingerprint density at radius 1 is 1.33 bits per heavy atom. The zero-order valence-electron chi connectivity index (χ0n) is 13.7. The highest BCUT2D eigenvalue weighted by molar-refractivity contribution is 7.15. The average molecular weight is 343 g/mol. The number of carbonyl (C=O) groups excluding carboxylic acids is 1. The van der Waals surface area contributed by atoms with Crippen LogP contribution in [0.5, 0.6) is 0 Å². The number of nitrogens with one attached hydrogen (secondary N) is 1. The number of hydrogen-bond acceptors (Lipinski definition) is 4. The van der Waals surface area contributed by atoms with Crippen LogP contribution in [-0.4, -0.2) is 35.1 Å². The molecule has 24 heavy (non-hydrogen) atoms. The van der Waals surface area contributed by atoms with Gasteiger partial charge in [0.25, 0.3) is 0 Å². The summed E-state index contributed by atoms with van der Waals surface area (Å²) in [6.07, 6.45) is 3.19. The van der Waals surface area contributed by atoms with Crippen molar-refractivity contribution in [2.75, 3.05) is 19.8 Å². The summed E-state index contributed by atoms with van der Waals surface area (Å²) in [7, 11) is 0. The molecule has 0 radical (unpaired) electrons. The van der Waals surface area contributed by atoms with Crippen LogP contribution in [0.3, 0.4) is 0 Å². The highest BCUT2D eigenvalue weighted by Crippen LogP contribution is 2.23. The number of benzene rings is 1. The van der Waals surface area contributed by atoms with Crippen LogP contribution in [0.2, 0.25) is 0 Å². The summed E-state index contributed by atoms with van der Waals surface area (Å²) in [6, 6.07) is 10.1. The Morgan fingerprint density at radius 2 is 2.17 bits per heavy atom. The first-order valence-corrected chi connectivity index (χ1v) is 9.01. The SMILES string of the molecule is CCOCCCNC(=O)Cc1csc2nc(-c3ccccc3)cn12. The van der Waals surface area contributed by atoms with Crippen LogP contribution in [0, 0.1) is 0 Å². The molecular formula is C18H21N3O2S. The lowest BCUT2D eigenvalue weighted by Gasteiger charge is -2.05. The van der Waals surface area contributed by atoms with Gasteiger partial charge in [-0.25, -0.2) is 4.98 Å². The molecule has 0 aliphatic carbocycles. The van der Waals surface area contributed by atoms with Gasteiger partial charge < -0.3 is 10.1 Å². The molecule has 3 aromatic rings. The Labute approximate surface area is 145 Å². The van der Waals surface area contributed by atoms with Crippen molar-refractivity contribution in [1.82, 2.24) is 14.7 Å². The van der Waals surface area contributed by atoms with E-state index in [1.807, 2.05) is 53.2 Å². The standard InChI is InChI=1S/C18H21N3O2S/c1-2-23-10-6-9-19-17(22)11-15-13-24-18-20-16(12-21(15)18)14-7-4-3-5-8-14/h3-5,7-8,12-13H,2,6,9-11H2,1H3,(H,19,22). The molecule has 2 aromatic heterocycles. The van der Waals surface area contributed by atoms with Gasteiger partial charge in [0.2, 0.25) is 5.91 Å². The van der Waals surface area contributed by atoms with E-state index in [4.69, 9.17) is 4.74 Å². The third-order valence-electron chi connectivity index (χ3n) is 3.69. The molecule has 0 atom stereocenters. The maximum absolute atomic E-state index is 12.1. The van der Waals surface area contributed by atoms with E-state index in [1.165, 1.54) is 0 Å². The molecule has 6 heteroatoms. The summed E-state index contributed by atoms with van der Waals surface area (Å²) in [5.74, 6) is 0.0289.